The molecule has 2 saturated heterocycles. The van der Waals surface area contributed by atoms with Gasteiger partial charge in [0.05, 0.1) is 37.4 Å². The third-order valence-electron chi connectivity index (χ3n) is 11.1. The molecule has 2 N–H and O–H groups in total. The van der Waals surface area contributed by atoms with E-state index in [0.29, 0.717) is 49.6 Å². The Labute approximate surface area is 272 Å². The normalized spacial score (nSPS) is 35.6. The van der Waals surface area contributed by atoms with Crippen molar-refractivity contribution < 1.29 is 27.8 Å². The van der Waals surface area contributed by atoms with Crippen LogP contribution in [0.25, 0.3) is 0 Å². The third-order valence-corrected chi connectivity index (χ3v) is 13.1. The molecule has 13 heteroatoms. The first-order valence-electron chi connectivity index (χ1n) is 16.7. The van der Waals surface area contributed by atoms with Gasteiger partial charge in [0.2, 0.25) is 0 Å². The Morgan fingerprint density at radius 3 is 2.64 bits per heavy atom. The van der Waals surface area contributed by atoms with Gasteiger partial charge in [0.15, 0.2) is 0 Å². The summed E-state index contributed by atoms with van der Waals surface area (Å²) >= 11 is 8.46. The number of aryl methyl sites for hydroxylation is 2. The molecule has 5 aliphatic rings. The maximum atomic E-state index is 13.8. The number of nitrogens with one attached hydrogen (secondary N) is 1. The van der Waals surface area contributed by atoms with Gasteiger partial charge in [0, 0.05) is 46.1 Å². The number of aliphatic carboxylic acids is 1. The van der Waals surface area contributed by atoms with Crippen LogP contribution >= 0.6 is 23.4 Å². The summed E-state index contributed by atoms with van der Waals surface area (Å²) in [5.41, 5.74) is 1.10. The minimum Gasteiger partial charge on any atom is -0.481 e. The second-order valence-corrected chi connectivity index (χ2v) is 15.9. The number of carbonyl (C=O) groups is 1. The van der Waals surface area contributed by atoms with Gasteiger partial charge in [-0.1, -0.05) is 6.42 Å². The molecule has 0 aromatic carbocycles. The molecule has 4 fully saturated rings. The molecule has 3 heterocycles. The first-order chi connectivity index (χ1) is 21.4. The van der Waals surface area contributed by atoms with Crippen LogP contribution in [0.3, 0.4) is 0 Å². The summed E-state index contributed by atoms with van der Waals surface area (Å²) in [6.07, 6.45) is 2.98. The molecule has 0 bridgehead atoms. The number of thioether (sulfide) groups is 1. The Morgan fingerprint density at radius 1 is 1.18 bits per heavy atom. The van der Waals surface area contributed by atoms with E-state index < -0.39 is 24.6 Å². The fourth-order valence-corrected chi connectivity index (χ4v) is 10.9. The van der Waals surface area contributed by atoms with Crippen molar-refractivity contribution in [2.24, 2.45) is 17.8 Å². The average molecular weight is 675 g/mol. The van der Waals surface area contributed by atoms with E-state index >= 15 is 0 Å². The molecule has 6 rings (SSSR count). The molecular formula is C32H46ClF3N4O4S. The van der Waals surface area contributed by atoms with E-state index in [0.717, 1.165) is 50.6 Å². The zero-order valence-corrected chi connectivity index (χ0v) is 27.7. The minimum absolute atomic E-state index is 0.0372. The molecule has 8 nitrogen and oxygen atoms in total. The number of aromatic nitrogens is 2. The molecule has 2 aliphatic heterocycles. The quantitative estimate of drug-likeness (QED) is 0.361. The number of alkyl halides is 4. The average Bonchev–Trinajstić information content (AvgIpc) is 3.37. The van der Waals surface area contributed by atoms with E-state index in [1.54, 1.807) is 21.2 Å². The molecule has 0 spiro atoms. The van der Waals surface area contributed by atoms with Crippen LogP contribution in [0.15, 0.2) is 4.79 Å². The van der Waals surface area contributed by atoms with Gasteiger partial charge >= 0.3 is 12.1 Å². The molecule has 3 aliphatic carbocycles. The molecule has 0 amide bonds. The second kappa shape index (κ2) is 13.6. The largest absolute Gasteiger partial charge is 0.481 e. The lowest BCUT2D eigenvalue weighted by molar-refractivity contribution is -0.161. The van der Waals surface area contributed by atoms with Crippen LogP contribution in [0.4, 0.5) is 13.2 Å². The summed E-state index contributed by atoms with van der Waals surface area (Å²) in [6.45, 7) is 3.65. The highest BCUT2D eigenvalue weighted by atomic mass is 35.5. The number of hydrogen-bond acceptors (Lipinski definition) is 7. The number of halogens is 4. The Kier molecular flexibility index (Phi) is 10.2. The summed E-state index contributed by atoms with van der Waals surface area (Å²) in [7, 11) is 0. The van der Waals surface area contributed by atoms with Crippen LogP contribution in [0.1, 0.15) is 75.4 Å². The predicted octanol–water partition coefficient (Wildman–Crippen LogP) is 4.80. The van der Waals surface area contributed by atoms with Crippen LogP contribution in [-0.2, 0) is 28.9 Å². The minimum atomic E-state index is -4.28. The highest BCUT2D eigenvalue weighted by Gasteiger charge is 2.52. The number of carboxylic acids is 1. The number of rotatable bonds is 9. The van der Waals surface area contributed by atoms with Gasteiger partial charge < -0.3 is 15.2 Å². The van der Waals surface area contributed by atoms with E-state index in [4.69, 9.17) is 21.3 Å². The number of fused-ring (bicyclic) bond motifs is 2. The highest BCUT2D eigenvalue weighted by Crippen LogP contribution is 2.48. The van der Waals surface area contributed by atoms with E-state index in [9.17, 15) is 27.9 Å². The van der Waals surface area contributed by atoms with Gasteiger partial charge in [-0.25, -0.2) is 4.98 Å². The molecule has 2 saturated carbocycles. The van der Waals surface area contributed by atoms with Crippen LogP contribution in [0, 0.1) is 24.7 Å². The van der Waals surface area contributed by atoms with E-state index in [-0.39, 0.29) is 58.3 Å². The first kappa shape index (κ1) is 33.6. The van der Waals surface area contributed by atoms with Crippen molar-refractivity contribution in [3.8, 4) is 0 Å². The zero-order valence-electron chi connectivity index (χ0n) is 26.1. The first-order valence-corrected chi connectivity index (χ1v) is 18.2. The van der Waals surface area contributed by atoms with Gasteiger partial charge in [-0.2, -0.15) is 24.9 Å². The molecule has 0 radical (unpaired) electrons. The third kappa shape index (κ3) is 7.25. The topological polar surface area (TPSA) is 96.7 Å². The number of carboxylic acid groups (broad SMARTS) is 1. The van der Waals surface area contributed by atoms with Gasteiger partial charge in [0.1, 0.15) is 5.82 Å². The Balaban J connectivity index is 1.14. The van der Waals surface area contributed by atoms with E-state index in [1.165, 1.54) is 0 Å². The van der Waals surface area contributed by atoms with Crippen molar-refractivity contribution in [2.45, 2.75) is 132 Å². The lowest BCUT2D eigenvalue weighted by Gasteiger charge is -2.47. The van der Waals surface area contributed by atoms with E-state index in [1.807, 2.05) is 6.92 Å². The lowest BCUT2D eigenvalue weighted by Crippen LogP contribution is -2.57. The van der Waals surface area contributed by atoms with Crippen LogP contribution < -0.4 is 10.9 Å². The summed E-state index contributed by atoms with van der Waals surface area (Å²) in [5, 5.41) is 13.6. The Hall–Kier alpha value is -1.34. The predicted molar refractivity (Wildman–Crippen MR) is 168 cm³/mol. The van der Waals surface area contributed by atoms with Crippen molar-refractivity contribution >= 4 is 29.3 Å². The van der Waals surface area contributed by atoms with Gasteiger partial charge in [-0.15, -0.1) is 11.6 Å². The lowest BCUT2D eigenvalue weighted by atomic mass is 9.70. The maximum absolute atomic E-state index is 13.8. The molecule has 1 aromatic heterocycles. The van der Waals surface area contributed by atoms with Gasteiger partial charge in [-0.05, 0) is 83.5 Å². The monoisotopic (exact) mass is 674 g/mol. The number of ether oxygens (including phenoxy) is 1. The van der Waals surface area contributed by atoms with Gasteiger partial charge in [0.25, 0.3) is 5.56 Å². The number of nitrogens with zero attached hydrogens (tertiary/aromatic N) is 3. The highest BCUT2D eigenvalue weighted by molar-refractivity contribution is 8.00. The fraction of sp³-hybridized carbons (Fsp3) is 0.844. The smallest absolute Gasteiger partial charge is 0.401 e. The second-order valence-electron chi connectivity index (χ2n) is 14.0. The Bertz CT molecular complexity index is 1300. The van der Waals surface area contributed by atoms with E-state index in [2.05, 4.69) is 12.2 Å². The van der Waals surface area contributed by atoms with Crippen molar-refractivity contribution in [3.63, 3.8) is 0 Å². The summed E-state index contributed by atoms with van der Waals surface area (Å²) in [5.74, 6) is 0.542. The summed E-state index contributed by atoms with van der Waals surface area (Å²) in [4.78, 5) is 32.1. The molecule has 9 atom stereocenters. The Morgan fingerprint density at radius 2 is 1.96 bits per heavy atom. The molecule has 45 heavy (non-hydrogen) atoms. The van der Waals surface area contributed by atoms with Crippen molar-refractivity contribution in [2.75, 3.05) is 18.9 Å². The fourth-order valence-electron chi connectivity index (χ4n) is 8.75. The standard InChI is InChI=1S/C32H46ClF3N4O4S/c1-17-12-23(29-28(37-17)25(15-45-29)31(42)43)22-13-19(33)6-9-27(22)44-11-10-39-18(2)38-26-8-7-21(14-24(26)30(39)41)40(16-32(34,35)36)20-4-3-5-20/h17,19-23,25,27-29,37H,3-16H2,1-2H3,(H,42,43). The number of hydrogen-bond donors (Lipinski definition) is 2. The maximum Gasteiger partial charge on any atom is 0.401 e. The molecule has 252 valence electrons. The van der Waals surface area contributed by atoms with Crippen LogP contribution in [-0.4, -0.2) is 91.5 Å². The summed E-state index contributed by atoms with van der Waals surface area (Å²) in [6, 6.07) is -0.251. The van der Waals surface area contributed by atoms with Crippen molar-refractivity contribution in [1.82, 2.24) is 19.8 Å². The van der Waals surface area contributed by atoms with Crippen molar-refractivity contribution in [3.05, 3.63) is 27.4 Å². The van der Waals surface area contributed by atoms with Crippen LogP contribution in [0.2, 0.25) is 0 Å². The van der Waals surface area contributed by atoms with Crippen molar-refractivity contribution in [1.29, 1.82) is 0 Å². The molecule has 9 unspecified atom stereocenters. The van der Waals surface area contributed by atoms with Crippen LogP contribution in [0.5, 0.6) is 0 Å². The molecule has 1 aromatic rings. The molecular weight excluding hydrogens is 629 g/mol. The van der Waals surface area contributed by atoms with Gasteiger partial charge in [-0.3, -0.25) is 19.1 Å². The zero-order chi connectivity index (χ0) is 32.0. The number of piperidine rings is 1. The summed E-state index contributed by atoms with van der Waals surface area (Å²) < 4.78 is 48.7. The SMILES string of the molecule is Cc1nc2c(c(=O)n1CCOC1CCC(Cl)CC1C1CC(C)NC3C(C(=O)O)CSC13)CC(N(CC(F)(F)F)C1CCC1)CC2.